The summed E-state index contributed by atoms with van der Waals surface area (Å²) in [5, 5.41) is 19.3. The Morgan fingerprint density at radius 2 is 1.91 bits per heavy atom. The molecule has 118 valence electrons. The molecule has 0 spiro atoms. The molecule has 2 amide bonds. The van der Waals surface area contributed by atoms with Gasteiger partial charge in [0.25, 0.3) is 0 Å². The van der Waals surface area contributed by atoms with E-state index in [1.54, 1.807) is 0 Å². The zero-order valence-corrected chi connectivity index (χ0v) is 13.9. The van der Waals surface area contributed by atoms with Crippen molar-refractivity contribution in [1.82, 2.24) is 10.6 Å². The van der Waals surface area contributed by atoms with Gasteiger partial charge in [0.05, 0.1) is 12.1 Å². The number of thiophene rings is 1. The third-order valence-electron chi connectivity index (χ3n) is 3.48. The molecule has 5 heteroatoms. The quantitative estimate of drug-likeness (QED) is 0.790. The molecule has 1 heterocycles. The summed E-state index contributed by atoms with van der Waals surface area (Å²) in [6, 6.07) is 7.73. The molecule has 1 aromatic heterocycles. The first-order valence-electron chi connectivity index (χ1n) is 7.28. The monoisotopic (exact) mass is 318 g/mol. The molecular formula is C17H22N2O2S. The maximum Gasteiger partial charge on any atom is 0.315 e. The van der Waals surface area contributed by atoms with Crippen LogP contribution in [-0.2, 0) is 0 Å². The average Bonchev–Trinajstić information content (AvgIpc) is 2.98. The number of urea groups is 1. The maximum absolute atomic E-state index is 11.9. The average molecular weight is 318 g/mol. The zero-order valence-electron chi connectivity index (χ0n) is 13.1. The molecule has 0 aliphatic rings. The second-order valence-corrected chi connectivity index (χ2v) is 6.35. The van der Waals surface area contributed by atoms with Gasteiger partial charge in [0, 0.05) is 6.54 Å². The van der Waals surface area contributed by atoms with Crippen LogP contribution in [-0.4, -0.2) is 17.7 Å². The fourth-order valence-electron chi connectivity index (χ4n) is 2.36. The third-order valence-corrected chi connectivity index (χ3v) is 4.18. The van der Waals surface area contributed by atoms with E-state index in [2.05, 4.69) is 28.8 Å². The Morgan fingerprint density at radius 3 is 2.50 bits per heavy atom. The van der Waals surface area contributed by atoms with E-state index in [1.807, 2.05) is 37.6 Å². The van der Waals surface area contributed by atoms with Gasteiger partial charge in [-0.3, -0.25) is 0 Å². The first-order chi connectivity index (χ1) is 10.5. The van der Waals surface area contributed by atoms with Gasteiger partial charge in [-0.25, -0.2) is 4.79 Å². The van der Waals surface area contributed by atoms with Gasteiger partial charge >= 0.3 is 6.03 Å². The molecule has 22 heavy (non-hydrogen) atoms. The number of hydrogen-bond donors (Lipinski definition) is 3. The zero-order chi connectivity index (χ0) is 16.1. The number of aryl methyl sites for hydroxylation is 2. The van der Waals surface area contributed by atoms with Gasteiger partial charge in [-0.15, -0.1) is 0 Å². The van der Waals surface area contributed by atoms with Crippen LogP contribution in [0, 0.1) is 13.8 Å². The van der Waals surface area contributed by atoms with Crippen molar-refractivity contribution in [2.24, 2.45) is 0 Å². The number of rotatable bonds is 5. The fraction of sp³-hybridized carbons (Fsp3) is 0.353. The number of benzene rings is 1. The first kappa shape index (κ1) is 16.5. The summed E-state index contributed by atoms with van der Waals surface area (Å²) in [7, 11) is 0. The number of aliphatic hydroxyl groups is 1. The predicted molar refractivity (Wildman–Crippen MR) is 90.1 cm³/mol. The van der Waals surface area contributed by atoms with Crippen molar-refractivity contribution >= 4 is 17.4 Å². The summed E-state index contributed by atoms with van der Waals surface area (Å²) in [6.07, 6.45) is -0.673. The largest absolute Gasteiger partial charge is 0.387 e. The van der Waals surface area contributed by atoms with Crippen LogP contribution in [0.15, 0.2) is 35.0 Å². The molecule has 4 nitrogen and oxygen atoms in total. The molecule has 2 atom stereocenters. The Balaban J connectivity index is 1.86. The number of aliphatic hydroxyl groups excluding tert-OH is 1. The van der Waals surface area contributed by atoms with Gasteiger partial charge in [0.2, 0.25) is 0 Å². The minimum Gasteiger partial charge on any atom is -0.387 e. The van der Waals surface area contributed by atoms with Gasteiger partial charge in [0.1, 0.15) is 0 Å². The molecule has 0 aliphatic carbocycles. The van der Waals surface area contributed by atoms with Crippen LogP contribution in [0.4, 0.5) is 4.79 Å². The van der Waals surface area contributed by atoms with Crippen molar-refractivity contribution in [3.8, 4) is 0 Å². The van der Waals surface area contributed by atoms with E-state index in [9.17, 15) is 9.90 Å². The molecule has 1 aromatic carbocycles. The lowest BCUT2D eigenvalue weighted by atomic mass is 10.0. The van der Waals surface area contributed by atoms with Crippen molar-refractivity contribution in [2.45, 2.75) is 32.9 Å². The highest BCUT2D eigenvalue weighted by Gasteiger charge is 2.13. The van der Waals surface area contributed by atoms with Crippen molar-refractivity contribution in [1.29, 1.82) is 0 Å². The van der Waals surface area contributed by atoms with E-state index < -0.39 is 6.10 Å². The van der Waals surface area contributed by atoms with E-state index in [1.165, 1.54) is 22.5 Å². The number of amides is 2. The summed E-state index contributed by atoms with van der Waals surface area (Å²) in [4.78, 5) is 11.9. The van der Waals surface area contributed by atoms with E-state index in [0.717, 1.165) is 11.1 Å². The molecule has 0 fully saturated rings. The van der Waals surface area contributed by atoms with Crippen molar-refractivity contribution in [3.05, 3.63) is 57.3 Å². The maximum atomic E-state index is 11.9. The predicted octanol–water partition coefficient (Wildman–Crippen LogP) is 3.46. The van der Waals surface area contributed by atoms with Crippen molar-refractivity contribution in [2.75, 3.05) is 6.54 Å². The Hall–Kier alpha value is -1.85. The van der Waals surface area contributed by atoms with Gasteiger partial charge in [-0.2, -0.15) is 11.3 Å². The van der Waals surface area contributed by atoms with Crippen LogP contribution in [0.2, 0.25) is 0 Å². The minimum absolute atomic E-state index is 0.0862. The van der Waals surface area contributed by atoms with Crippen molar-refractivity contribution in [3.63, 3.8) is 0 Å². The van der Waals surface area contributed by atoms with Crippen LogP contribution in [0.25, 0.3) is 0 Å². The van der Waals surface area contributed by atoms with E-state index in [-0.39, 0.29) is 18.6 Å². The molecule has 2 unspecified atom stereocenters. The van der Waals surface area contributed by atoms with Crippen LogP contribution in [0.5, 0.6) is 0 Å². The lowest BCUT2D eigenvalue weighted by Crippen LogP contribution is -2.39. The van der Waals surface area contributed by atoms with Gasteiger partial charge in [0.15, 0.2) is 0 Å². The van der Waals surface area contributed by atoms with Crippen molar-refractivity contribution < 1.29 is 9.90 Å². The lowest BCUT2D eigenvalue weighted by molar-refractivity contribution is 0.173. The van der Waals surface area contributed by atoms with Gasteiger partial charge in [-0.1, -0.05) is 29.3 Å². The minimum atomic E-state index is -0.673. The van der Waals surface area contributed by atoms with Crippen LogP contribution >= 0.6 is 11.3 Å². The molecule has 2 rings (SSSR count). The SMILES string of the molecule is Cc1cc(C)cc(C(C)NC(=O)NCC(O)c2ccsc2)c1. The smallest absolute Gasteiger partial charge is 0.315 e. The molecule has 0 bridgehead atoms. The second kappa shape index (κ2) is 7.42. The Kier molecular flexibility index (Phi) is 5.57. The molecular weight excluding hydrogens is 296 g/mol. The highest BCUT2D eigenvalue weighted by Crippen LogP contribution is 2.17. The highest BCUT2D eigenvalue weighted by molar-refractivity contribution is 7.07. The highest BCUT2D eigenvalue weighted by atomic mass is 32.1. The molecule has 0 saturated carbocycles. The Bertz CT molecular complexity index is 605. The summed E-state index contributed by atoms with van der Waals surface area (Å²) < 4.78 is 0. The standard InChI is InChI=1S/C17H22N2O2S/c1-11-6-12(2)8-15(7-11)13(3)19-17(21)18-9-16(20)14-4-5-22-10-14/h4-8,10,13,16,20H,9H2,1-3H3,(H2,18,19,21). The van der Waals surface area contributed by atoms with Crippen LogP contribution in [0.1, 0.15) is 41.3 Å². The summed E-state index contributed by atoms with van der Waals surface area (Å²) in [6.45, 7) is 6.23. The number of hydrogen-bond acceptors (Lipinski definition) is 3. The summed E-state index contributed by atoms with van der Waals surface area (Å²) >= 11 is 1.52. The molecule has 0 aliphatic heterocycles. The van der Waals surface area contributed by atoms with E-state index in [4.69, 9.17) is 0 Å². The Labute approximate surface area is 135 Å². The molecule has 0 radical (unpaired) electrons. The first-order valence-corrected chi connectivity index (χ1v) is 8.22. The number of nitrogens with one attached hydrogen (secondary N) is 2. The topological polar surface area (TPSA) is 61.4 Å². The van der Waals surface area contributed by atoms with Gasteiger partial charge in [-0.05, 0) is 48.7 Å². The normalized spacial score (nSPS) is 13.5. The number of carbonyl (C=O) groups excluding carboxylic acids is 1. The van der Waals surface area contributed by atoms with Gasteiger partial charge < -0.3 is 15.7 Å². The summed E-state index contributed by atoms with van der Waals surface area (Å²) in [5.41, 5.74) is 4.26. The lowest BCUT2D eigenvalue weighted by Gasteiger charge is -2.17. The second-order valence-electron chi connectivity index (χ2n) is 5.57. The van der Waals surface area contributed by atoms with E-state index >= 15 is 0 Å². The van der Waals surface area contributed by atoms with Crippen LogP contribution < -0.4 is 10.6 Å². The third kappa shape index (κ3) is 4.58. The Morgan fingerprint density at radius 1 is 1.23 bits per heavy atom. The molecule has 2 aromatic rings. The summed E-state index contributed by atoms with van der Waals surface area (Å²) in [5.74, 6) is 0. The molecule has 3 N–H and O–H groups in total. The fourth-order valence-corrected chi connectivity index (χ4v) is 3.07. The van der Waals surface area contributed by atoms with E-state index in [0.29, 0.717) is 0 Å². The molecule has 0 saturated heterocycles. The number of carbonyl (C=O) groups is 1. The van der Waals surface area contributed by atoms with Crippen LogP contribution in [0.3, 0.4) is 0 Å².